The highest BCUT2D eigenvalue weighted by atomic mass is 32.1. The lowest BCUT2D eigenvalue weighted by molar-refractivity contribution is -0.116. The molecule has 0 saturated carbocycles. The molecule has 22 heavy (non-hydrogen) atoms. The first-order valence-electron chi connectivity index (χ1n) is 6.79. The van der Waals surface area contributed by atoms with Gasteiger partial charge >= 0.3 is 6.03 Å². The predicted molar refractivity (Wildman–Crippen MR) is 86.7 cm³/mol. The van der Waals surface area contributed by atoms with E-state index in [1.165, 1.54) is 11.3 Å². The zero-order valence-electron chi connectivity index (χ0n) is 12.4. The monoisotopic (exact) mass is 318 g/mol. The van der Waals surface area contributed by atoms with Crippen molar-refractivity contribution in [1.82, 2.24) is 10.3 Å². The molecule has 2 aromatic rings. The van der Waals surface area contributed by atoms with Crippen LogP contribution in [0.4, 0.5) is 9.93 Å². The molecule has 0 spiro atoms. The van der Waals surface area contributed by atoms with E-state index in [9.17, 15) is 9.59 Å². The first-order chi connectivity index (χ1) is 10.5. The largest absolute Gasteiger partial charge is 0.352 e. The van der Waals surface area contributed by atoms with Gasteiger partial charge in [-0.2, -0.15) is 0 Å². The first-order valence-corrected chi connectivity index (χ1v) is 7.67. The molecule has 0 radical (unpaired) electrons. The maximum atomic E-state index is 12.2. The lowest BCUT2D eigenvalue weighted by atomic mass is 9.98. The summed E-state index contributed by atoms with van der Waals surface area (Å²) in [7, 11) is 0. The summed E-state index contributed by atoms with van der Waals surface area (Å²) in [6.45, 7) is 3.78. The van der Waals surface area contributed by atoms with Gasteiger partial charge in [0.1, 0.15) is 0 Å². The highest BCUT2D eigenvalue weighted by Gasteiger charge is 2.19. The molecule has 1 atom stereocenters. The number of carbonyl (C=O) groups is 2. The van der Waals surface area contributed by atoms with E-state index < -0.39 is 12.1 Å². The number of primary amides is 1. The van der Waals surface area contributed by atoms with E-state index in [-0.39, 0.29) is 12.3 Å². The van der Waals surface area contributed by atoms with Crippen molar-refractivity contribution < 1.29 is 9.59 Å². The number of nitrogens with zero attached hydrogens (tertiary/aromatic N) is 1. The van der Waals surface area contributed by atoms with Crippen LogP contribution in [0.15, 0.2) is 29.6 Å². The van der Waals surface area contributed by atoms with Gasteiger partial charge in [0.05, 0.1) is 18.2 Å². The molecule has 0 bridgehead atoms. The topological polar surface area (TPSA) is 97.1 Å². The van der Waals surface area contributed by atoms with Gasteiger partial charge in [0.2, 0.25) is 5.91 Å². The van der Waals surface area contributed by atoms with E-state index in [1.807, 2.05) is 43.5 Å². The standard InChI is InChI=1S/C15H18N4O2S/c1-9-5-3-4-6-11(9)12(18-14(16)21)7-13(20)19-15-17-10(2)8-22-15/h3-6,8,12H,7H2,1-2H3,(H3,16,18,21)(H,17,19,20)/t12-/m0/s1. The predicted octanol–water partition coefficient (Wildman–Crippen LogP) is 2.50. The molecule has 1 aromatic carbocycles. The van der Waals surface area contributed by atoms with E-state index in [0.717, 1.165) is 16.8 Å². The lowest BCUT2D eigenvalue weighted by Crippen LogP contribution is -2.35. The second-order valence-electron chi connectivity index (χ2n) is 4.96. The van der Waals surface area contributed by atoms with Crippen molar-refractivity contribution in [2.75, 3.05) is 5.32 Å². The minimum atomic E-state index is -0.661. The minimum Gasteiger partial charge on any atom is -0.352 e. The summed E-state index contributed by atoms with van der Waals surface area (Å²) < 4.78 is 0. The number of nitrogens with two attached hydrogens (primary N) is 1. The number of aryl methyl sites for hydroxylation is 2. The third kappa shape index (κ3) is 4.29. The Morgan fingerprint density at radius 1 is 1.32 bits per heavy atom. The Bertz CT molecular complexity index is 684. The number of carbonyl (C=O) groups excluding carboxylic acids is 2. The Balaban J connectivity index is 2.11. The molecule has 6 nitrogen and oxygen atoms in total. The Hall–Kier alpha value is -2.41. The Kier molecular flexibility index (Phi) is 5.11. The van der Waals surface area contributed by atoms with Crippen molar-refractivity contribution in [3.05, 3.63) is 46.5 Å². The second-order valence-corrected chi connectivity index (χ2v) is 5.82. The van der Waals surface area contributed by atoms with Crippen LogP contribution >= 0.6 is 11.3 Å². The summed E-state index contributed by atoms with van der Waals surface area (Å²) >= 11 is 1.36. The normalized spacial score (nSPS) is 11.7. The van der Waals surface area contributed by atoms with Crippen LogP contribution in [0.1, 0.15) is 29.3 Å². The van der Waals surface area contributed by atoms with Gasteiger partial charge in [-0.05, 0) is 25.0 Å². The van der Waals surface area contributed by atoms with Crippen LogP contribution in [0.3, 0.4) is 0 Å². The number of anilines is 1. The average molecular weight is 318 g/mol. The molecule has 3 amide bonds. The second kappa shape index (κ2) is 7.04. The number of thiazole rings is 1. The van der Waals surface area contributed by atoms with Gasteiger partial charge in [0.15, 0.2) is 5.13 Å². The Labute approximate surface area is 132 Å². The van der Waals surface area contributed by atoms with Crippen molar-refractivity contribution in [3.8, 4) is 0 Å². The van der Waals surface area contributed by atoms with E-state index in [4.69, 9.17) is 5.73 Å². The van der Waals surface area contributed by atoms with Gasteiger partial charge < -0.3 is 16.4 Å². The van der Waals surface area contributed by atoms with Crippen LogP contribution in [0.2, 0.25) is 0 Å². The summed E-state index contributed by atoms with van der Waals surface area (Å²) in [4.78, 5) is 27.6. The van der Waals surface area contributed by atoms with Gasteiger partial charge in [0, 0.05) is 5.38 Å². The van der Waals surface area contributed by atoms with Crippen LogP contribution in [0.5, 0.6) is 0 Å². The van der Waals surface area contributed by atoms with Crippen molar-refractivity contribution in [3.63, 3.8) is 0 Å². The van der Waals surface area contributed by atoms with Crippen LogP contribution in [0, 0.1) is 13.8 Å². The van der Waals surface area contributed by atoms with Crippen LogP contribution in [-0.4, -0.2) is 16.9 Å². The molecule has 0 aliphatic heterocycles. The number of hydrogen-bond acceptors (Lipinski definition) is 4. The maximum Gasteiger partial charge on any atom is 0.312 e. The number of hydrogen-bond donors (Lipinski definition) is 3. The van der Waals surface area contributed by atoms with Crippen molar-refractivity contribution in [2.45, 2.75) is 26.3 Å². The van der Waals surface area contributed by atoms with E-state index >= 15 is 0 Å². The van der Waals surface area contributed by atoms with Crippen LogP contribution in [-0.2, 0) is 4.79 Å². The molecule has 0 aliphatic carbocycles. The molecular weight excluding hydrogens is 300 g/mol. The van der Waals surface area contributed by atoms with Crippen molar-refractivity contribution in [1.29, 1.82) is 0 Å². The van der Waals surface area contributed by atoms with Gasteiger partial charge in [-0.15, -0.1) is 11.3 Å². The zero-order valence-corrected chi connectivity index (χ0v) is 13.2. The average Bonchev–Trinajstić information content (AvgIpc) is 2.83. The number of aromatic nitrogens is 1. The first kappa shape index (κ1) is 16.0. The highest BCUT2D eigenvalue weighted by Crippen LogP contribution is 2.22. The van der Waals surface area contributed by atoms with Crippen molar-refractivity contribution >= 4 is 28.4 Å². The number of benzene rings is 1. The minimum absolute atomic E-state index is 0.0897. The van der Waals surface area contributed by atoms with Crippen LogP contribution in [0.25, 0.3) is 0 Å². The molecule has 0 unspecified atom stereocenters. The van der Waals surface area contributed by atoms with Crippen LogP contribution < -0.4 is 16.4 Å². The summed E-state index contributed by atoms with van der Waals surface area (Å²) in [6, 6.07) is 6.42. The number of urea groups is 1. The summed E-state index contributed by atoms with van der Waals surface area (Å²) in [6.07, 6.45) is 0.0897. The van der Waals surface area contributed by atoms with Crippen molar-refractivity contribution in [2.24, 2.45) is 5.73 Å². The molecule has 2 rings (SSSR count). The lowest BCUT2D eigenvalue weighted by Gasteiger charge is -2.19. The maximum absolute atomic E-state index is 12.2. The van der Waals surface area contributed by atoms with E-state index in [2.05, 4.69) is 15.6 Å². The fourth-order valence-corrected chi connectivity index (χ4v) is 2.86. The van der Waals surface area contributed by atoms with Gasteiger partial charge in [-0.25, -0.2) is 9.78 Å². The fraction of sp³-hybridized carbons (Fsp3) is 0.267. The van der Waals surface area contributed by atoms with E-state index in [1.54, 1.807) is 0 Å². The van der Waals surface area contributed by atoms with E-state index in [0.29, 0.717) is 5.13 Å². The summed E-state index contributed by atoms with van der Waals surface area (Å²) in [5.74, 6) is -0.226. The Morgan fingerprint density at radius 3 is 2.64 bits per heavy atom. The highest BCUT2D eigenvalue weighted by molar-refractivity contribution is 7.13. The molecule has 7 heteroatoms. The molecule has 0 saturated heterocycles. The van der Waals surface area contributed by atoms with Gasteiger partial charge in [-0.3, -0.25) is 4.79 Å². The quantitative estimate of drug-likeness (QED) is 0.790. The third-order valence-corrected chi connectivity index (χ3v) is 4.01. The molecule has 1 aromatic heterocycles. The molecule has 0 fully saturated rings. The van der Waals surface area contributed by atoms with Gasteiger partial charge in [0.25, 0.3) is 0 Å². The molecule has 1 heterocycles. The SMILES string of the molecule is Cc1csc(NC(=O)C[C@H](NC(N)=O)c2ccccc2C)n1. The third-order valence-electron chi connectivity index (χ3n) is 3.14. The zero-order chi connectivity index (χ0) is 16.1. The molecule has 0 aliphatic rings. The smallest absolute Gasteiger partial charge is 0.312 e. The molecular formula is C15H18N4O2S. The fourth-order valence-electron chi connectivity index (χ4n) is 2.16. The van der Waals surface area contributed by atoms with Gasteiger partial charge in [-0.1, -0.05) is 24.3 Å². The number of amides is 3. The number of nitrogens with one attached hydrogen (secondary N) is 2. The summed E-state index contributed by atoms with van der Waals surface area (Å²) in [5.41, 5.74) is 7.93. The Morgan fingerprint density at radius 2 is 2.05 bits per heavy atom. The summed E-state index contributed by atoms with van der Waals surface area (Å²) in [5, 5.41) is 7.76. The molecule has 116 valence electrons. The number of rotatable bonds is 5. The molecule has 4 N–H and O–H groups in total.